The van der Waals surface area contributed by atoms with Crippen molar-refractivity contribution in [1.82, 2.24) is 5.32 Å². The number of hydrogen-bond acceptors (Lipinski definition) is 1. The van der Waals surface area contributed by atoms with Crippen molar-refractivity contribution >= 4 is 33.4 Å². The van der Waals surface area contributed by atoms with Gasteiger partial charge in [-0.25, -0.2) is 0 Å². The van der Waals surface area contributed by atoms with Gasteiger partial charge in [0.2, 0.25) is 0 Å². The predicted octanol–water partition coefficient (Wildman–Crippen LogP) is 3.89. The lowest BCUT2D eigenvalue weighted by atomic mass is 10.1. The normalized spacial score (nSPS) is 12.2. The molecule has 0 aliphatic carbocycles. The van der Waals surface area contributed by atoms with E-state index in [1.165, 1.54) is 0 Å². The summed E-state index contributed by atoms with van der Waals surface area (Å²) in [6.07, 6.45) is 1.70. The zero-order valence-electron chi connectivity index (χ0n) is 10.1. The van der Waals surface area contributed by atoms with Crippen LogP contribution in [0.25, 0.3) is 0 Å². The monoisotopic (exact) mass is 317 g/mol. The maximum atomic E-state index is 12.1. The number of carbonyl (C=O) groups is 1. The summed E-state index contributed by atoms with van der Waals surface area (Å²) < 4.78 is 0.915. The Morgan fingerprint density at radius 1 is 1.53 bits per heavy atom. The topological polar surface area (TPSA) is 29.1 Å². The fourth-order valence-corrected chi connectivity index (χ4v) is 2.24. The lowest BCUT2D eigenvalue weighted by Gasteiger charge is -2.16. The van der Waals surface area contributed by atoms with Crippen LogP contribution in [0.5, 0.6) is 0 Å². The SMILES string of the molecule is CCC(CCCl)NC(=O)c1cc(Br)ccc1C. The standard InChI is InChI=1S/C13H17BrClNO/c1-3-11(6-7-15)16-13(17)12-8-10(14)5-4-9(12)2/h4-5,8,11H,3,6-7H2,1-2H3,(H,16,17). The van der Waals surface area contributed by atoms with Gasteiger partial charge in [-0.2, -0.15) is 0 Å². The summed E-state index contributed by atoms with van der Waals surface area (Å²) >= 11 is 9.08. The van der Waals surface area contributed by atoms with Crippen molar-refractivity contribution in [3.63, 3.8) is 0 Å². The second-order valence-corrected chi connectivity index (χ2v) is 5.31. The molecule has 1 aromatic carbocycles. The second kappa shape index (κ2) is 7.02. The molecule has 1 aromatic rings. The van der Waals surface area contributed by atoms with E-state index in [1.54, 1.807) is 0 Å². The minimum atomic E-state index is -0.0271. The van der Waals surface area contributed by atoms with Crippen molar-refractivity contribution in [1.29, 1.82) is 0 Å². The highest BCUT2D eigenvalue weighted by atomic mass is 79.9. The maximum Gasteiger partial charge on any atom is 0.251 e. The molecule has 0 heterocycles. The lowest BCUT2D eigenvalue weighted by Crippen LogP contribution is -2.35. The van der Waals surface area contributed by atoms with E-state index in [0.29, 0.717) is 11.4 Å². The fourth-order valence-electron chi connectivity index (χ4n) is 1.61. The number of carbonyl (C=O) groups excluding carboxylic acids is 1. The van der Waals surface area contributed by atoms with Crippen molar-refractivity contribution in [3.8, 4) is 0 Å². The summed E-state index contributed by atoms with van der Waals surface area (Å²) in [4.78, 5) is 12.1. The van der Waals surface area contributed by atoms with Crippen LogP contribution in [-0.2, 0) is 0 Å². The Morgan fingerprint density at radius 2 is 2.24 bits per heavy atom. The quantitative estimate of drug-likeness (QED) is 0.820. The molecule has 0 aliphatic heterocycles. The van der Waals surface area contributed by atoms with Crippen LogP contribution in [0.15, 0.2) is 22.7 Å². The van der Waals surface area contributed by atoms with E-state index < -0.39 is 0 Å². The molecule has 0 bridgehead atoms. The van der Waals surface area contributed by atoms with Gasteiger partial charge in [0.15, 0.2) is 0 Å². The molecular weight excluding hydrogens is 302 g/mol. The zero-order chi connectivity index (χ0) is 12.8. The Balaban J connectivity index is 2.78. The van der Waals surface area contributed by atoms with Gasteiger partial charge in [0, 0.05) is 22.0 Å². The number of aryl methyl sites for hydroxylation is 1. The van der Waals surface area contributed by atoms with Crippen LogP contribution < -0.4 is 5.32 Å². The van der Waals surface area contributed by atoms with Gasteiger partial charge in [-0.15, -0.1) is 11.6 Å². The van der Waals surface area contributed by atoms with Crippen LogP contribution in [-0.4, -0.2) is 17.8 Å². The Kier molecular flexibility index (Phi) is 6.00. The predicted molar refractivity (Wildman–Crippen MR) is 75.8 cm³/mol. The van der Waals surface area contributed by atoms with Crippen LogP contribution in [0, 0.1) is 6.92 Å². The molecule has 94 valence electrons. The molecule has 2 nitrogen and oxygen atoms in total. The van der Waals surface area contributed by atoms with Crippen LogP contribution in [0.4, 0.5) is 0 Å². The van der Waals surface area contributed by atoms with Crippen molar-refractivity contribution in [2.75, 3.05) is 5.88 Å². The Bertz CT molecular complexity index is 395. The molecule has 0 aromatic heterocycles. The molecule has 0 spiro atoms. The van der Waals surface area contributed by atoms with Crippen molar-refractivity contribution in [3.05, 3.63) is 33.8 Å². The molecule has 1 N–H and O–H groups in total. The highest BCUT2D eigenvalue weighted by molar-refractivity contribution is 9.10. The van der Waals surface area contributed by atoms with Gasteiger partial charge in [-0.3, -0.25) is 4.79 Å². The van der Waals surface area contributed by atoms with Crippen molar-refractivity contribution in [2.24, 2.45) is 0 Å². The highest BCUT2D eigenvalue weighted by Crippen LogP contribution is 2.16. The number of rotatable bonds is 5. The Morgan fingerprint density at radius 3 is 2.82 bits per heavy atom. The number of hydrogen-bond donors (Lipinski definition) is 1. The van der Waals surface area contributed by atoms with Gasteiger partial charge < -0.3 is 5.32 Å². The number of alkyl halides is 1. The van der Waals surface area contributed by atoms with E-state index in [0.717, 1.165) is 22.9 Å². The van der Waals surface area contributed by atoms with Crippen molar-refractivity contribution in [2.45, 2.75) is 32.7 Å². The average molecular weight is 319 g/mol. The van der Waals surface area contributed by atoms with Crippen LogP contribution >= 0.6 is 27.5 Å². The number of nitrogens with one attached hydrogen (secondary N) is 1. The van der Waals surface area contributed by atoms with Crippen molar-refractivity contribution < 1.29 is 4.79 Å². The molecule has 1 rings (SSSR count). The summed E-state index contributed by atoms with van der Waals surface area (Å²) in [5.41, 5.74) is 1.69. The molecule has 17 heavy (non-hydrogen) atoms. The first-order valence-corrected chi connectivity index (χ1v) is 7.04. The third-order valence-corrected chi connectivity index (χ3v) is 3.44. The van der Waals surface area contributed by atoms with Crippen LogP contribution in [0.1, 0.15) is 35.7 Å². The smallest absolute Gasteiger partial charge is 0.251 e. The Labute approximate surface area is 116 Å². The number of benzene rings is 1. The van der Waals surface area contributed by atoms with Gasteiger partial charge in [0.05, 0.1) is 0 Å². The van der Waals surface area contributed by atoms with E-state index >= 15 is 0 Å². The van der Waals surface area contributed by atoms with Gasteiger partial charge in [-0.05, 0) is 37.5 Å². The van der Waals surface area contributed by atoms with Crippen LogP contribution in [0.2, 0.25) is 0 Å². The van der Waals surface area contributed by atoms with Gasteiger partial charge in [0.1, 0.15) is 0 Å². The van der Waals surface area contributed by atoms with E-state index in [2.05, 4.69) is 21.2 Å². The van der Waals surface area contributed by atoms with Gasteiger partial charge >= 0.3 is 0 Å². The summed E-state index contributed by atoms with van der Waals surface area (Å²) in [5, 5.41) is 3.01. The summed E-state index contributed by atoms with van der Waals surface area (Å²) in [5.74, 6) is 0.539. The second-order valence-electron chi connectivity index (χ2n) is 4.02. The van der Waals surface area contributed by atoms with E-state index in [9.17, 15) is 4.79 Å². The molecule has 0 fully saturated rings. The fraction of sp³-hybridized carbons (Fsp3) is 0.462. The van der Waals surface area contributed by atoms with E-state index in [1.807, 2.05) is 32.0 Å². The summed E-state index contributed by atoms with van der Waals surface area (Å²) in [6.45, 7) is 3.98. The van der Waals surface area contributed by atoms with Crippen LogP contribution in [0.3, 0.4) is 0 Å². The largest absolute Gasteiger partial charge is 0.349 e. The molecule has 0 saturated heterocycles. The van der Waals surface area contributed by atoms with Gasteiger partial charge in [-0.1, -0.05) is 28.9 Å². The minimum absolute atomic E-state index is 0.0271. The first-order valence-electron chi connectivity index (χ1n) is 5.71. The molecule has 4 heteroatoms. The maximum absolute atomic E-state index is 12.1. The molecule has 1 atom stereocenters. The summed E-state index contributed by atoms with van der Waals surface area (Å²) in [6, 6.07) is 5.86. The van der Waals surface area contributed by atoms with Gasteiger partial charge in [0.25, 0.3) is 5.91 Å². The summed E-state index contributed by atoms with van der Waals surface area (Å²) in [7, 11) is 0. The number of amides is 1. The third kappa shape index (κ3) is 4.32. The third-order valence-electron chi connectivity index (χ3n) is 2.73. The molecule has 0 radical (unpaired) electrons. The Hall–Kier alpha value is -0.540. The lowest BCUT2D eigenvalue weighted by molar-refractivity contribution is 0.0934. The van der Waals surface area contributed by atoms with E-state index in [4.69, 9.17) is 11.6 Å². The average Bonchev–Trinajstić information content (AvgIpc) is 2.31. The van der Waals surface area contributed by atoms with E-state index in [-0.39, 0.29) is 11.9 Å². The molecule has 1 unspecified atom stereocenters. The first kappa shape index (κ1) is 14.5. The number of halogens is 2. The first-order chi connectivity index (χ1) is 8.08. The molecule has 1 amide bonds. The molecule has 0 aliphatic rings. The minimum Gasteiger partial charge on any atom is -0.349 e. The molecule has 0 saturated carbocycles. The zero-order valence-corrected chi connectivity index (χ0v) is 12.4. The molecular formula is C13H17BrClNO. The highest BCUT2D eigenvalue weighted by Gasteiger charge is 2.13.